The Balaban J connectivity index is 0.965. The van der Waals surface area contributed by atoms with E-state index >= 15 is 0 Å². The van der Waals surface area contributed by atoms with Gasteiger partial charge < -0.3 is 14.5 Å². The Morgan fingerprint density at radius 3 is 1.58 bits per heavy atom. The van der Waals surface area contributed by atoms with Crippen LogP contribution in [-0.2, 0) is 16.2 Å². The molecule has 0 unspecified atom stereocenters. The van der Waals surface area contributed by atoms with Crippen LogP contribution < -0.4 is 14.5 Å². The molecule has 0 radical (unpaired) electrons. The van der Waals surface area contributed by atoms with E-state index in [2.05, 4.69) is 295 Å². The molecule has 1 aliphatic rings. The van der Waals surface area contributed by atoms with Gasteiger partial charge >= 0.3 is 0 Å². The van der Waals surface area contributed by atoms with Crippen LogP contribution in [0.3, 0.4) is 0 Å². The summed E-state index contributed by atoms with van der Waals surface area (Å²) in [7, 11) is 0. The van der Waals surface area contributed by atoms with Crippen molar-refractivity contribution >= 4 is 44.6 Å². The minimum absolute atomic E-state index is 0.0221. The maximum Gasteiger partial charge on any atom is 0.137 e. The Morgan fingerprint density at radius 1 is 0.364 bits per heavy atom. The third kappa shape index (κ3) is 9.57. The molecule has 11 aromatic rings. The van der Waals surface area contributed by atoms with Crippen LogP contribution >= 0.6 is 0 Å². The predicted molar refractivity (Wildman–Crippen MR) is 325 cm³/mol. The molecular formula is C72H66N4O. The highest BCUT2D eigenvalue weighted by molar-refractivity contribution is 6.09. The standard InChI is InChI=1S/C72H66N4O/c1-70(2,3)55-35-36-73-69(44-55)76-64-28-17-16-27-62(64)63-34-32-60(46-68(63)76)77-59-26-20-25-58(45-59)74-47-75(66-30-19-18-29-65(66)74)67-42-50(31-33-61(67)54-40-56(71(4,5)6)43-57(41-54)72(7,8)9)53-38-51(48-21-12-10-13-22-48)37-52(39-53)49-23-14-11-15-24-49/h10-46H,47H2,1-9H3. The van der Waals surface area contributed by atoms with Crippen molar-refractivity contribution in [3.8, 4) is 61.8 Å². The molecule has 0 saturated heterocycles. The summed E-state index contributed by atoms with van der Waals surface area (Å²) in [5, 5.41) is 2.33. The van der Waals surface area contributed by atoms with Gasteiger partial charge in [-0.05, 0) is 151 Å². The second-order valence-electron chi connectivity index (χ2n) is 23.8. The Hall–Kier alpha value is -8.67. The highest BCUT2D eigenvalue weighted by atomic mass is 16.5. The van der Waals surface area contributed by atoms with E-state index < -0.39 is 0 Å². The molecule has 0 N–H and O–H groups in total. The van der Waals surface area contributed by atoms with Gasteiger partial charge in [-0.2, -0.15) is 0 Å². The smallest absolute Gasteiger partial charge is 0.137 e. The van der Waals surface area contributed by atoms with E-state index in [0.717, 1.165) is 62.0 Å². The second-order valence-corrected chi connectivity index (χ2v) is 23.8. The number of fused-ring (bicyclic) bond motifs is 4. The number of hydrogen-bond donors (Lipinski definition) is 0. The van der Waals surface area contributed by atoms with Crippen molar-refractivity contribution in [2.45, 2.75) is 78.6 Å². The highest BCUT2D eigenvalue weighted by Gasteiger charge is 2.31. The minimum atomic E-state index is -0.0502. The monoisotopic (exact) mass is 1000 g/mol. The van der Waals surface area contributed by atoms with E-state index in [4.69, 9.17) is 9.72 Å². The van der Waals surface area contributed by atoms with Crippen LogP contribution in [0.2, 0.25) is 0 Å². The SMILES string of the molecule is CC(C)(C)c1cc(-c2ccc(-c3cc(-c4ccccc4)cc(-c4ccccc4)c3)cc2N2CN(c3cccc(Oc4ccc5c6ccccc6n(-c6cc(C(C)(C)C)ccn6)c5c4)c3)c3ccccc32)cc(C(C)(C)C)c1. The largest absolute Gasteiger partial charge is 0.457 e. The molecular weight excluding hydrogens is 937 g/mol. The number of para-hydroxylation sites is 3. The fourth-order valence-electron chi connectivity index (χ4n) is 11.0. The normalized spacial score (nSPS) is 12.9. The van der Waals surface area contributed by atoms with E-state index in [1.54, 1.807) is 0 Å². The molecule has 0 fully saturated rings. The molecule has 77 heavy (non-hydrogen) atoms. The van der Waals surface area contributed by atoms with Gasteiger partial charge in [-0.1, -0.05) is 190 Å². The third-order valence-corrected chi connectivity index (χ3v) is 15.3. The first-order valence-corrected chi connectivity index (χ1v) is 27.0. The second kappa shape index (κ2) is 19.2. The van der Waals surface area contributed by atoms with Crippen molar-refractivity contribution < 1.29 is 4.74 Å². The lowest BCUT2D eigenvalue weighted by atomic mass is 9.78. The van der Waals surface area contributed by atoms with Gasteiger partial charge in [-0.15, -0.1) is 0 Å². The molecule has 5 heteroatoms. The molecule has 380 valence electrons. The van der Waals surface area contributed by atoms with Crippen molar-refractivity contribution in [2.75, 3.05) is 16.5 Å². The lowest BCUT2D eigenvalue weighted by Gasteiger charge is -2.28. The van der Waals surface area contributed by atoms with Gasteiger partial charge in [0.1, 0.15) is 24.0 Å². The Morgan fingerprint density at radius 2 is 0.935 bits per heavy atom. The number of benzene rings is 9. The summed E-state index contributed by atoms with van der Waals surface area (Å²) in [5.74, 6) is 2.41. The number of ether oxygens (including phenoxy) is 1. The number of nitrogens with zero attached hydrogens (tertiary/aromatic N) is 4. The summed E-state index contributed by atoms with van der Waals surface area (Å²) < 4.78 is 9.15. The fraction of sp³-hybridized carbons (Fsp3) is 0.181. The Labute approximate surface area is 454 Å². The lowest BCUT2D eigenvalue weighted by molar-refractivity contribution is 0.483. The number of hydrogen-bond acceptors (Lipinski definition) is 4. The van der Waals surface area contributed by atoms with Crippen LogP contribution in [0.1, 0.15) is 79.0 Å². The van der Waals surface area contributed by atoms with E-state index in [9.17, 15) is 0 Å². The maximum absolute atomic E-state index is 6.88. The molecule has 0 amide bonds. The first kappa shape index (κ1) is 49.2. The van der Waals surface area contributed by atoms with Gasteiger partial charge in [0.25, 0.3) is 0 Å². The van der Waals surface area contributed by atoms with Crippen molar-refractivity contribution in [2.24, 2.45) is 0 Å². The van der Waals surface area contributed by atoms with Gasteiger partial charge in [0.15, 0.2) is 0 Å². The zero-order chi connectivity index (χ0) is 53.2. The molecule has 12 rings (SSSR count). The molecule has 0 atom stereocenters. The molecule has 5 nitrogen and oxygen atoms in total. The van der Waals surface area contributed by atoms with Gasteiger partial charge in [0.2, 0.25) is 0 Å². The van der Waals surface area contributed by atoms with Crippen molar-refractivity contribution in [3.05, 3.63) is 241 Å². The molecule has 0 aliphatic carbocycles. The average molecular weight is 1000 g/mol. The Bertz CT molecular complexity index is 3910. The summed E-state index contributed by atoms with van der Waals surface area (Å²) in [6.45, 7) is 21.3. The number of aromatic nitrogens is 2. The maximum atomic E-state index is 6.88. The van der Waals surface area contributed by atoms with Crippen LogP contribution in [0.25, 0.3) is 72.1 Å². The van der Waals surface area contributed by atoms with E-state index in [1.807, 2.05) is 6.20 Å². The van der Waals surface area contributed by atoms with Gasteiger partial charge in [0.05, 0.1) is 28.1 Å². The Kier molecular flexibility index (Phi) is 12.3. The minimum Gasteiger partial charge on any atom is -0.457 e. The van der Waals surface area contributed by atoms with E-state index in [-0.39, 0.29) is 16.2 Å². The van der Waals surface area contributed by atoms with Gasteiger partial charge in [-0.3, -0.25) is 4.57 Å². The number of pyridine rings is 1. The van der Waals surface area contributed by atoms with Gasteiger partial charge in [0, 0.05) is 40.4 Å². The van der Waals surface area contributed by atoms with Crippen LogP contribution in [0.4, 0.5) is 22.7 Å². The summed E-state index contributed by atoms with van der Waals surface area (Å²) in [6.07, 6.45) is 1.93. The average Bonchev–Trinajstić information content (AvgIpc) is 4.17. The quantitative estimate of drug-likeness (QED) is 0.144. The van der Waals surface area contributed by atoms with Crippen LogP contribution in [-0.4, -0.2) is 16.2 Å². The van der Waals surface area contributed by atoms with Gasteiger partial charge in [-0.25, -0.2) is 4.98 Å². The predicted octanol–water partition coefficient (Wildman–Crippen LogP) is 19.8. The molecule has 3 heterocycles. The van der Waals surface area contributed by atoms with Crippen molar-refractivity contribution in [3.63, 3.8) is 0 Å². The lowest BCUT2D eigenvalue weighted by Crippen LogP contribution is -2.24. The fourth-order valence-corrected chi connectivity index (χ4v) is 11.0. The van der Waals surface area contributed by atoms with Crippen LogP contribution in [0, 0.1) is 0 Å². The summed E-state index contributed by atoms with van der Waals surface area (Å²) in [6, 6.07) is 79.6. The zero-order valence-corrected chi connectivity index (χ0v) is 45.8. The molecule has 1 aliphatic heterocycles. The summed E-state index contributed by atoms with van der Waals surface area (Å²) in [4.78, 5) is 9.85. The highest BCUT2D eigenvalue weighted by Crippen LogP contribution is 2.50. The molecule has 2 aromatic heterocycles. The molecule has 0 saturated carbocycles. The summed E-state index contributed by atoms with van der Waals surface area (Å²) in [5.41, 5.74) is 19.9. The first-order chi connectivity index (χ1) is 37.0. The number of anilines is 4. The third-order valence-electron chi connectivity index (χ3n) is 15.3. The summed E-state index contributed by atoms with van der Waals surface area (Å²) >= 11 is 0. The zero-order valence-electron chi connectivity index (χ0n) is 45.8. The first-order valence-electron chi connectivity index (χ1n) is 27.0. The molecule has 0 spiro atoms. The van der Waals surface area contributed by atoms with E-state index in [1.165, 1.54) is 61.0 Å². The van der Waals surface area contributed by atoms with Crippen molar-refractivity contribution in [1.82, 2.24) is 9.55 Å². The van der Waals surface area contributed by atoms with E-state index in [0.29, 0.717) is 6.67 Å². The molecule has 9 aromatic carbocycles. The van der Waals surface area contributed by atoms with Crippen LogP contribution in [0.15, 0.2) is 225 Å². The molecule has 0 bridgehead atoms. The van der Waals surface area contributed by atoms with Crippen molar-refractivity contribution in [1.29, 1.82) is 0 Å². The topological polar surface area (TPSA) is 33.5 Å². The number of rotatable bonds is 9. The van der Waals surface area contributed by atoms with Crippen LogP contribution in [0.5, 0.6) is 11.5 Å².